The molecule has 0 radical (unpaired) electrons. The van der Waals surface area contributed by atoms with Crippen molar-refractivity contribution in [3.05, 3.63) is 59.7 Å². The summed E-state index contributed by atoms with van der Waals surface area (Å²) in [7, 11) is 0. The van der Waals surface area contributed by atoms with Gasteiger partial charge in [-0.05, 0) is 22.3 Å². The maximum absolute atomic E-state index is 12.5. The number of nitrogens with one attached hydrogen (secondary N) is 1. The number of hydrogen-bond donors (Lipinski definition) is 2. The fourth-order valence-corrected chi connectivity index (χ4v) is 4.97. The van der Waals surface area contributed by atoms with E-state index in [1.54, 1.807) is 13.8 Å². The number of ether oxygens (including phenoxy) is 3. The monoisotopic (exact) mass is 529 g/mol. The molecule has 0 aliphatic heterocycles. The van der Waals surface area contributed by atoms with E-state index in [2.05, 4.69) is 5.32 Å². The molecule has 1 aliphatic carbocycles. The Morgan fingerprint density at radius 2 is 1.49 bits per heavy atom. The maximum atomic E-state index is 12.5. The van der Waals surface area contributed by atoms with Gasteiger partial charge in [0, 0.05) is 30.3 Å². The van der Waals surface area contributed by atoms with E-state index < -0.39 is 36.1 Å². The number of carbonyl (C=O) groups is 4. The van der Waals surface area contributed by atoms with Crippen molar-refractivity contribution in [1.82, 2.24) is 5.32 Å². The van der Waals surface area contributed by atoms with Crippen LogP contribution in [0, 0.1) is 0 Å². The van der Waals surface area contributed by atoms with E-state index in [1.807, 2.05) is 48.5 Å². The predicted octanol–water partition coefficient (Wildman–Crippen LogP) is 3.99. The second-order valence-electron chi connectivity index (χ2n) is 8.40. The van der Waals surface area contributed by atoms with Crippen LogP contribution in [0.2, 0.25) is 0 Å². The summed E-state index contributed by atoms with van der Waals surface area (Å²) >= 11 is 1.16. The van der Waals surface area contributed by atoms with E-state index in [-0.39, 0.29) is 43.5 Å². The highest BCUT2D eigenvalue weighted by Crippen LogP contribution is 2.44. The average Bonchev–Trinajstić information content (AvgIpc) is 3.22. The molecule has 3 rings (SSSR count). The van der Waals surface area contributed by atoms with Gasteiger partial charge in [0.05, 0.1) is 0 Å². The number of carboxylic acid groups (broad SMARTS) is 1. The molecule has 2 atom stereocenters. The second-order valence-corrected chi connectivity index (χ2v) is 9.48. The van der Waals surface area contributed by atoms with Crippen molar-refractivity contribution in [2.75, 3.05) is 24.7 Å². The third kappa shape index (κ3) is 7.72. The molecule has 9 nitrogen and oxygen atoms in total. The lowest BCUT2D eigenvalue weighted by atomic mass is 9.98. The Labute approximate surface area is 219 Å². The highest BCUT2D eigenvalue weighted by Gasteiger charge is 2.30. The standard InChI is InChI=1S/C27H31NO8S/c1-3-24(29)34-13-17(36-25(30)4-2)15-37-16-23(26(31)32)28-27(33)35-14-22-20-11-7-5-9-18(20)19-10-6-8-12-21(19)22/h5-12,17,22-23H,3-4,13-16H2,1-2H3,(H,28,33)(H,31,32)/t17?,23-/m0/s1. The summed E-state index contributed by atoms with van der Waals surface area (Å²) in [5.41, 5.74) is 4.29. The maximum Gasteiger partial charge on any atom is 0.407 e. The van der Waals surface area contributed by atoms with Crippen molar-refractivity contribution in [1.29, 1.82) is 0 Å². The summed E-state index contributed by atoms with van der Waals surface area (Å²) in [4.78, 5) is 47.4. The minimum Gasteiger partial charge on any atom is -0.480 e. The van der Waals surface area contributed by atoms with Crippen LogP contribution in [0.3, 0.4) is 0 Å². The van der Waals surface area contributed by atoms with E-state index in [0.717, 1.165) is 34.0 Å². The largest absolute Gasteiger partial charge is 0.480 e. The molecule has 0 saturated heterocycles. The Morgan fingerprint density at radius 3 is 2.05 bits per heavy atom. The van der Waals surface area contributed by atoms with Gasteiger partial charge in [-0.1, -0.05) is 62.4 Å². The molecule has 2 aromatic carbocycles. The number of esters is 2. The third-order valence-electron chi connectivity index (χ3n) is 5.83. The van der Waals surface area contributed by atoms with Crippen molar-refractivity contribution >= 4 is 35.8 Å². The number of thioether (sulfide) groups is 1. The van der Waals surface area contributed by atoms with Crippen molar-refractivity contribution < 1.29 is 38.5 Å². The van der Waals surface area contributed by atoms with E-state index >= 15 is 0 Å². The van der Waals surface area contributed by atoms with Crippen LogP contribution in [0.25, 0.3) is 11.1 Å². The highest BCUT2D eigenvalue weighted by molar-refractivity contribution is 7.99. The first kappa shape index (κ1) is 28.0. The summed E-state index contributed by atoms with van der Waals surface area (Å²) in [6.07, 6.45) is -1.21. The zero-order valence-corrected chi connectivity index (χ0v) is 21.6. The van der Waals surface area contributed by atoms with Gasteiger partial charge in [0.15, 0.2) is 0 Å². The molecule has 0 heterocycles. The smallest absolute Gasteiger partial charge is 0.407 e. The van der Waals surface area contributed by atoms with Crippen LogP contribution in [0.1, 0.15) is 43.7 Å². The topological polar surface area (TPSA) is 128 Å². The van der Waals surface area contributed by atoms with E-state index in [4.69, 9.17) is 14.2 Å². The van der Waals surface area contributed by atoms with Crippen LogP contribution in [-0.4, -0.2) is 66.0 Å². The van der Waals surface area contributed by atoms with Gasteiger partial charge in [-0.25, -0.2) is 9.59 Å². The molecule has 2 aromatic rings. The minimum atomic E-state index is -1.22. The van der Waals surface area contributed by atoms with Crippen molar-refractivity contribution in [2.45, 2.75) is 44.8 Å². The Balaban J connectivity index is 1.53. The van der Waals surface area contributed by atoms with Gasteiger partial charge in [-0.2, -0.15) is 11.8 Å². The Morgan fingerprint density at radius 1 is 0.892 bits per heavy atom. The number of carbonyl (C=O) groups excluding carboxylic acids is 3. The molecule has 0 aromatic heterocycles. The number of rotatable bonds is 13. The lowest BCUT2D eigenvalue weighted by Crippen LogP contribution is -2.43. The molecule has 10 heteroatoms. The van der Waals surface area contributed by atoms with Gasteiger partial charge >= 0.3 is 24.0 Å². The summed E-state index contributed by atoms with van der Waals surface area (Å²) in [5, 5.41) is 12.0. The molecule has 1 unspecified atom stereocenters. The molecule has 0 spiro atoms. The molecular weight excluding hydrogens is 498 g/mol. The van der Waals surface area contributed by atoms with E-state index in [9.17, 15) is 24.3 Å². The fraction of sp³-hybridized carbons (Fsp3) is 0.407. The minimum absolute atomic E-state index is 0.00142. The fourth-order valence-electron chi connectivity index (χ4n) is 3.95. The van der Waals surface area contributed by atoms with Crippen LogP contribution in [0.5, 0.6) is 0 Å². The zero-order chi connectivity index (χ0) is 26.8. The van der Waals surface area contributed by atoms with Crippen LogP contribution < -0.4 is 5.32 Å². The van der Waals surface area contributed by atoms with Crippen LogP contribution in [0.15, 0.2) is 48.5 Å². The van der Waals surface area contributed by atoms with Crippen LogP contribution in [-0.2, 0) is 28.6 Å². The summed E-state index contributed by atoms with van der Waals surface area (Å²) in [5.74, 6) is -2.05. The molecule has 0 bridgehead atoms. The van der Waals surface area contributed by atoms with Gasteiger partial charge in [0.2, 0.25) is 0 Å². The molecule has 2 N–H and O–H groups in total. The summed E-state index contributed by atoms with van der Waals surface area (Å²) in [6, 6.07) is 14.6. The Hall–Kier alpha value is -3.53. The molecular formula is C27H31NO8S. The number of carboxylic acids is 1. The second kappa shape index (κ2) is 13.7. The molecule has 198 valence electrons. The predicted molar refractivity (Wildman–Crippen MR) is 138 cm³/mol. The number of fused-ring (bicyclic) bond motifs is 3. The van der Waals surface area contributed by atoms with Gasteiger partial charge in [0.1, 0.15) is 25.4 Å². The van der Waals surface area contributed by atoms with E-state index in [1.165, 1.54) is 0 Å². The molecule has 1 aliphatic rings. The van der Waals surface area contributed by atoms with Crippen molar-refractivity contribution in [3.8, 4) is 11.1 Å². The van der Waals surface area contributed by atoms with Crippen molar-refractivity contribution in [3.63, 3.8) is 0 Å². The number of aliphatic carboxylic acids is 1. The first-order valence-electron chi connectivity index (χ1n) is 12.1. The first-order chi connectivity index (χ1) is 17.8. The van der Waals surface area contributed by atoms with Gasteiger partial charge in [-0.15, -0.1) is 0 Å². The van der Waals surface area contributed by atoms with Crippen LogP contribution in [0.4, 0.5) is 4.79 Å². The number of amides is 1. The van der Waals surface area contributed by atoms with E-state index in [0.29, 0.717) is 0 Å². The molecule has 0 fully saturated rings. The lowest BCUT2D eigenvalue weighted by Gasteiger charge is -2.19. The quantitative estimate of drug-likeness (QED) is 0.292. The highest BCUT2D eigenvalue weighted by atomic mass is 32.2. The normalized spacial score (nSPS) is 13.6. The first-order valence-corrected chi connectivity index (χ1v) is 13.3. The van der Waals surface area contributed by atoms with Crippen molar-refractivity contribution in [2.24, 2.45) is 0 Å². The summed E-state index contributed by atoms with van der Waals surface area (Å²) < 4.78 is 15.8. The SMILES string of the molecule is CCC(=O)OCC(CSC[C@H](NC(=O)OCC1c2ccccc2-c2ccccc21)C(=O)O)OC(=O)CC. The average molecular weight is 530 g/mol. The molecule has 0 saturated carbocycles. The number of benzene rings is 2. The van der Waals surface area contributed by atoms with Gasteiger partial charge in [-0.3, -0.25) is 9.59 Å². The Kier molecular flexibility index (Phi) is 10.4. The number of alkyl carbamates (subject to hydrolysis) is 1. The molecule has 37 heavy (non-hydrogen) atoms. The molecule has 1 amide bonds. The zero-order valence-electron chi connectivity index (χ0n) is 20.8. The lowest BCUT2D eigenvalue weighted by molar-refractivity contribution is -0.157. The Bertz CT molecular complexity index is 1080. The van der Waals surface area contributed by atoms with Gasteiger partial charge < -0.3 is 24.6 Å². The number of hydrogen-bond acceptors (Lipinski definition) is 8. The third-order valence-corrected chi connectivity index (χ3v) is 7.00. The summed E-state index contributed by atoms with van der Waals surface area (Å²) in [6.45, 7) is 3.24. The van der Waals surface area contributed by atoms with Gasteiger partial charge in [0.25, 0.3) is 0 Å². The van der Waals surface area contributed by atoms with Crippen LogP contribution >= 0.6 is 11.8 Å².